The third-order valence-corrected chi connectivity index (χ3v) is 3.13. The van der Waals surface area contributed by atoms with Gasteiger partial charge in [0.25, 0.3) is 5.91 Å². The van der Waals surface area contributed by atoms with Crippen LogP contribution in [0.1, 0.15) is 44.0 Å². The number of unbranched alkanes of at least 4 members (excludes halogenated alkanes) is 1. The minimum atomic E-state index is -1.17. The molecule has 0 aliphatic heterocycles. The number of primary amides is 1. The second kappa shape index (κ2) is 10.2. The largest absolute Gasteiger partial charge is 0.490 e. The zero-order chi connectivity index (χ0) is 18.8. The number of nitrogens with one attached hydrogen (secondary N) is 1. The average Bonchev–Trinajstić information content (AvgIpc) is 2.55. The first kappa shape index (κ1) is 20.3. The highest BCUT2D eigenvalue weighted by atomic mass is 16.5. The lowest BCUT2D eigenvalue weighted by molar-refractivity contribution is -0.127. The van der Waals surface area contributed by atoms with E-state index in [2.05, 4.69) is 6.92 Å². The minimum absolute atomic E-state index is 0.199. The predicted octanol–water partition coefficient (Wildman–Crippen LogP) is 2.00. The van der Waals surface area contributed by atoms with Gasteiger partial charge in [0.15, 0.2) is 17.6 Å². The van der Waals surface area contributed by atoms with Crippen LogP contribution >= 0.6 is 0 Å². The first-order chi connectivity index (χ1) is 11.9. The van der Waals surface area contributed by atoms with E-state index in [1.165, 1.54) is 19.1 Å². The summed E-state index contributed by atoms with van der Waals surface area (Å²) in [6.45, 7) is 6.16. The lowest BCUT2D eigenvalue weighted by atomic mass is 10.2. The van der Waals surface area contributed by atoms with Gasteiger partial charge in [-0.15, -0.1) is 0 Å². The Kier molecular flexibility index (Phi) is 8.25. The molecule has 1 aromatic rings. The first-order valence-corrected chi connectivity index (χ1v) is 8.09. The van der Waals surface area contributed by atoms with Crippen LogP contribution < -0.4 is 20.5 Å². The zero-order valence-corrected chi connectivity index (χ0v) is 14.7. The molecule has 25 heavy (non-hydrogen) atoms. The number of imide groups is 1. The number of carbonyl (C=O) groups is 3. The Morgan fingerprint density at radius 3 is 2.48 bits per heavy atom. The van der Waals surface area contributed by atoms with E-state index in [0.717, 1.165) is 12.8 Å². The van der Waals surface area contributed by atoms with E-state index in [1.807, 2.05) is 12.2 Å². The maximum atomic E-state index is 12.2. The molecule has 8 nitrogen and oxygen atoms in total. The van der Waals surface area contributed by atoms with E-state index in [4.69, 9.17) is 19.9 Å². The van der Waals surface area contributed by atoms with Crippen LogP contribution in [0.15, 0.2) is 18.2 Å². The van der Waals surface area contributed by atoms with Crippen molar-refractivity contribution in [1.29, 1.82) is 0 Å². The van der Waals surface area contributed by atoms with Crippen LogP contribution in [0, 0.1) is 0 Å². The standard InChI is InChI=1S/C17H24N2O6/c1-4-6-9-24-13-8-7-12(10-14(13)23-5-2)16(21)25-11(3)15(20)19-17(18)22/h7-8,10-11H,4-6,9H2,1-3H3,(H3,18,19,20,22)/t11-/m1/s1. The normalized spacial score (nSPS) is 11.3. The molecule has 0 unspecified atom stereocenters. The topological polar surface area (TPSA) is 117 Å². The average molecular weight is 352 g/mol. The van der Waals surface area contributed by atoms with Crippen molar-refractivity contribution < 1.29 is 28.6 Å². The Morgan fingerprint density at radius 1 is 1.16 bits per heavy atom. The van der Waals surface area contributed by atoms with Crippen molar-refractivity contribution in [3.8, 4) is 11.5 Å². The summed E-state index contributed by atoms with van der Waals surface area (Å²) >= 11 is 0. The van der Waals surface area contributed by atoms with Crippen molar-refractivity contribution in [1.82, 2.24) is 5.32 Å². The van der Waals surface area contributed by atoms with Gasteiger partial charge in [0, 0.05) is 0 Å². The van der Waals surface area contributed by atoms with Crippen LogP contribution in [0.4, 0.5) is 4.79 Å². The van der Waals surface area contributed by atoms with Crippen molar-refractivity contribution in [3.05, 3.63) is 23.8 Å². The predicted molar refractivity (Wildman–Crippen MR) is 90.6 cm³/mol. The summed E-state index contributed by atoms with van der Waals surface area (Å²) in [5.41, 5.74) is 5.05. The van der Waals surface area contributed by atoms with E-state index in [1.54, 1.807) is 6.07 Å². The molecule has 1 rings (SSSR count). The second-order valence-corrected chi connectivity index (χ2v) is 5.20. The number of carbonyl (C=O) groups excluding carboxylic acids is 3. The zero-order valence-electron chi connectivity index (χ0n) is 14.7. The van der Waals surface area contributed by atoms with Crippen LogP contribution in [-0.4, -0.2) is 37.2 Å². The molecule has 138 valence electrons. The number of nitrogens with two attached hydrogens (primary N) is 1. The molecule has 3 N–H and O–H groups in total. The highest BCUT2D eigenvalue weighted by molar-refractivity contribution is 5.98. The van der Waals surface area contributed by atoms with Crippen LogP contribution in [0.25, 0.3) is 0 Å². The highest BCUT2D eigenvalue weighted by Crippen LogP contribution is 2.29. The Morgan fingerprint density at radius 2 is 1.88 bits per heavy atom. The number of amides is 3. The number of esters is 1. The molecule has 0 aliphatic rings. The van der Waals surface area contributed by atoms with E-state index < -0.39 is 24.0 Å². The van der Waals surface area contributed by atoms with E-state index in [0.29, 0.717) is 24.7 Å². The van der Waals surface area contributed by atoms with Crippen molar-refractivity contribution in [2.24, 2.45) is 5.73 Å². The molecule has 0 aromatic heterocycles. The van der Waals surface area contributed by atoms with Gasteiger partial charge in [0.2, 0.25) is 0 Å². The molecule has 8 heteroatoms. The molecule has 1 aromatic carbocycles. The van der Waals surface area contributed by atoms with Gasteiger partial charge in [-0.3, -0.25) is 10.1 Å². The lowest BCUT2D eigenvalue weighted by Gasteiger charge is -2.15. The van der Waals surface area contributed by atoms with Gasteiger partial charge in [0.05, 0.1) is 18.8 Å². The molecule has 0 saturated carbocycles. The van der Waals surface area contributed by atoms with Gasteiger partial charge >= 0.3 is 12.0 Å². The van der Waals surface area contributed by atoms with Gasteiger partial charge in [-0.1, -0.05) is 13.3 Å². The molecule has 1 atom stereocenters. The van der Waals surface area contributed by atoms with Crippen LogP contribution in [0.3, 0.4) is 0 Å². The Labute approximate surface area is 146 Å². The molecule has 0 heterocycles. The van der Waals surface area contributed by atoms with E-state index in [-0.39, 0.29) is 5.56 Å². The maximum absolute atomic E-state index is 12.2. The fourth-order valence-electron chi connectivity index (χ4n) is 1.85. The number of ether oxygens (including phenoxy) is 3. The number of hydrogen-bond donors (Lipinski definition) is 2. The van der Waals surface area contributed by atoms with Gasteiger partial charge in [-0.2, -0.15) is 0 Å². The second-order valence-electron chi connectivity index (χ2n) is 5.20. The van der Waals surface area contributed by atoms with Gasteiger partial charge in [-0.05, 0) is 38.5 Å². The van der Waals surface area contributed by atoms with Gasteiger partial charge < -0.3 is 19.9 Å². The van der Waals surface area contributed by atoms with Crippen molar-refractivity contribution in [2.45, 2.75) is 39.7 Å². The number of benzene rings is 1. The first-order valence-electron chi connectivity index (χ1n) is 8.09. The molecule has 0 aliphatic carbocycles. The number of hydrogen-bond acceptors (Lipinski definition) is 6. The molecular weight excluding hydrogens is 328 g/mol. The summed E-state index contributed by atoms with van der Waals surface area (Å²) in [5.74, 6) is -0.577. The monoisotopic (exact) mass is 352 g/mol. The fraction of sp³-hybridized carbons (Fsp3) is 0.471. The Hall–Kier alpha value is -2.77. The van der Waals surface area contributed by atoms with Crippen LogP contribution in [-0.2, 0) is 9.53 Å². The van der Waals surface area contributed by atoms with Crippen LogP contribution in [0.2, 0.25) is 0 Å². The Balaban J connectivity index is 2.82. The number of rotatable bonds is 9. The maximum Gasteiger partial charge on any atom is 0.339 e. The van der Waals surface area contributed by atoms with Crippen LogP contribution in [0.5, 0.6) is 11.5 Å². The van der Waals surface area contributed by atoms with Crippen molar-refractivity contribution in [2.75, 3.05) is 13.2 Å². The smallest absolute Gasteiger partial charge is 0.339 e. The van der Waals surface area contributed by atoms with Crippen molar-refractivity contribution in [3.63, 3.8) is 0 Å². The summed E-state index contributed by atoms with van der Waals surface area (Å²) < 4.78 is 16.1. The number of urea groups is 1. The minimum Gasteiger partial charge on any atom is -0.490 e. The molecule has 0 radical (unpaired) electrons. The van der Waals surface area contributed by atoms with Gasteiger partial charge in [-0.25, -0.2) is 9.59 Å². The summed E-state index contributed by atoms with van der Waals surface area (Å²) in [7, 11) is 0. The summed E-state index contributed by atoms with van der Waals surface area (Å²) in [6.07, 6.45) is 0.734. The lowest BCUT2D eigenvalue weighted by Crippen LogP contribution is -2.42. The van der Waals surface area contributed by atoms with E-state index >= 15 is 0 Å². The summed E-state index contributed by atoms with van der Waals surface area (Å²) in [6, 6.07) is 3.61. The molecule has 3 amide bonds. The SMILES string of the molecule is CCCCOc1ccc(C(=O)O[C@H](C)C(=O)NC(N)=O)cc1OCC. The fourth-order valence-corrected chi connectivity index (χ4v) is 1.85. The summed E-state index contributed by atoms with van der Waals surface area (Å²) in [5, 5.41) is 1.85. The van der Waals surface area contributed by atoms with E-state index in [9.17, 15) is 14.4 Å². The summed E-state index contributed by atoms with van der Waals surface area (Å²) in [4.78, 5) is 34.4. The molecule has 0 fully saturated rings. The quantitative estimate of drug-likeness (QED) is 0.518. The Bertz CT molecular complexity index is 617. The molecule has 0 spiro atoms. The third kappa shape index (κ3) is 6.70. The molecule has 0 saturated heterocycles. The molecule has 0 bridgehead atoms. The molecular formula is C17H24N2O6. The third-order valence-electron chi connectivity index (χ3n) is 3.13. The van der Waals surface area contributed by atoms with Crippen molar-refractivity contribution >= 4 is 17.9 Å². The van der Waals surface area contributed by atoms with Gasteiger partial charge in [0.1, 0.15) is 0 Å². The highest BCUT2D eigenvalue weighted by Gasteiger charge is 2.21.